The zero-order chi connectivity index (χ0) is 15.1. The van der Waals surface area contributed by atoms with E-state index in [0.717, 1.165) is 19.6 Å². The molecule has 2 aromatic rings. The summed E-state index contributed by atoms with van der Waals surface area (Å²) in [5, 5.41) is 13.4. The topological polar surface area (TPSA) is 46.4 Å². The van der Waals surface area contributed by atoms with Crippen LogP contribution in [0.1, 0.15) is 19.4 Å². The van der Waals surface area contributed by atoms with Gasteiger partial charge in [-0.05, 0) is 41.6 Å². The minimum absolute atomic E-state index is 0.0825. The van der Waals surface area contributed by atoms with Crippen molar-refractivity contribution in [3.8, 4) is 0 Å². The van der Waals surface area contributed by atoms with E-state index in [1.807, 2.05) is 0 Å². The Balaban J connectivity index is 1.94. The fraction of sp³-hybridized carbons (Fsp3) is 0.529. The Morgan fingerprint density at radius 1 is 1.24 bits per heavy atom. The third-order valence-corrected chi connectivity index (χ3v) is 3.43. The maximum atomic E-state index is 8.69. The molecule has 4 nitrogen and oxygen atoms in total. The van der Waals surface area contributed by atoms with Gasteiger partial charge in [0.05, 0.1) is 19.8 Å². The summed E-state index contributed by atoms with van der Waals surface area (Å²) in [5.74, 6) is 0.675. The van der Waals surface area contributed by atoms with E-state index in [1.54, 1.807) is 0 Å². The standard InChI is InChI=1S/C17H26N2O2/c1-14(2)12-18-13-15-3-4-17-16(11-15)5-6-19(17)7-9-21-10-8-20/h3-6,11,14,18,20H,7-10,12-13H2,1-2H3. The van der Waals surface area contributed by atoms with Gasteiger partial charge in [-0.3, -0.25) is 0 Å². The fourth-order valence-corrected chi connectivity index (χ4v) is 2.39. The van der Waals surface area contributed by atoms with Crippen LogP contribution in [0.15, 0.2) is 30.5 Å². The van der Waals surface area contributed by atoms with Gasteiger partial charge in [-0.1, -0.05) is 19.9 Å². The quantitative estimate of drug-likeness (QED) is 0.697. The van der Waals surface area contributed by atoms with E-state index in [1.165, 1.54) is 16.5 Å². The maximum absolute atomic E-state index is 8.69. The third kappa shape index (κ3) is 4.84. The first-order chi connectivity index (χ1) is 10.2. The van der Waals surface area contributed by atoms with Crippen molar-refractivity contribution in [1.29, 1.82) is 0 Å². The summed E-state index contributed by atoms with van der Waals surface area (Å²) in [6.45, 7) is 8.32. The summed E-state index contributed by atoms with van der Waals surface area (Å²) < 4.78 is 7.52. The van der Waals surface area contributed by atoms with Crippen molar-refractivity contribution in [2.24, 2.45) is 5.92 Å². The monoisotopic (exact) mass is 290 g/mol. The molecule has 0 radical (unpaired) electrons. The molecular formula is C17H26N2O2. The average Bonchev–Trinajstić information content (AvgIpc) is 2.86. The smallest absolute Gasteiger partial charge is 0.0698 e. The summed E-state index contributed by atoms with van der Waals surface area (Å²) in [5.41, 5.74) is 2.55. The van der Waals surface area contributed by atoms with Crippen LogP contribution in [0.5, 0.6) is 0 Å². The number of hydrogen-bond acceptors (Lipinski definition) is 3. The second-order valence-electron chi connectivity index (χ2n) is 5.76. The number of nitrogens with one attached hydrogen (secondary N) is 1. The molecule has 0 aliphatic rings. The molecule has 0 amide bonds. The van der Waals surface area contributed by atoms with Crippen molar-refractivity contribution in [2.75, 3.05) is 26.4 Å². The molecule has 0 bridgehead atoms. The fourth-order valence-electron chi connectivity index (χ4n) is 2.39. The molecule has 0 unspecified atom stereocenters. The largest absolute Gasteiger partial charge is 0.394 e. The highest BCUT2D eigenvalue weighted by atomic mass is 16.5. The van der Waals surface area contributed by atoms with Gasteiger partial charge in [0.1, 0.15) is 0 Å². The summed E-state index contributed by atoms with van der Waals surface area (Å²) in [4.78, 5) is 0. The normalized spacial score (nSPS) is 11.6. The molecule has 21 heavy (non-hydrogen) atoms. The molecule has 2 rings (SSSR count). The second-order valence-corrected chi connectivity index (χ2v) is 5.76. The first-order valence-electron chi connectivity index (χ1n) is 7.68. The molecule has 1 heterocycles. The first kappa shape index (κ1) is 16.0. The van der Waals surface area contributed by atoms with Gasteiger partial charge in [-0.15, -0.1) is 0 Å². The van der Waals surface area contributed by atoms with Crippen molar-refractivity contribution in [3.63, 3.8) is 0 Å². The zero-order valence-corrected chi connectivity index (χ0v) is 13.0. The van der Waals surface area contributed by atoms with Crippen LogP contribution >= 0.6 is 0 Å². The van der Waals surface area contributed by atoms with Crippen LogP contribution in [0.4, 0.5) is 0 Å². The molecule has 4 heteroatoms. The Labute approximate surface area is 126 Å². The number of aliphatic hydroxyl groups is 1. The highest BCUT2D eigenvalue weighted by molar-refractivity contribution is 5.80. The van der Waals surface area contributed by atoms with E-state index in [2.05, 4.69) is 54.2 Å². The summed E-state index contributed by atoms with van der Waals surface area (Å²) in [6, 6.07) is 8.75. The Bertz CT molecular complexity index is 549. The Kier molecular flexibility index (Phi) is 6.23. The van der Waals surface area contributed by atoms with Crippen LogP contribution in [0.2, 0.25) is 0 Å². The number of fused-ring (bicyclic) bond motifs is 1. The molecule has 0 aliphatic heterocycles. The van der Waals surface area contributed by atoms with Crippen LogP contribution in [0.3, 0.4) is 0 Å². The summed E-state index contributed by atoms with van der Waals surface area (Å²) in [6.07, 6.45) is 2.10. The van der Waals surface area contributed by atoms with Gasteiger partial charge in [0.15, 0.2) is 0 Å². The highest BCUT2D eigenvalue weighted by Crippen LogP contribution is 2.17. The molecule has 0 saturated heterocycles. The van der Waals surface area contributed by atoms with Gasteiger partial charge in [0, 0.05) is 24.8 Å². The van der Waals surface area contributed by atoms with Crippen LogP contribution in [0, 0.1) is 5.92 Å². The lowest BCUT2D eigenvalue weighted by Gasteiger charge is -2.09. The molecule has 1 aromatic heterocycles. The van der Waals surface area contributed by atoms with Gasteiger partial charge in [0.2, 0.25) is 0 Å². The lowest BCUT2D eigenvalue weighted by atomic mass is 10.1. The van der Waals surface area contributed by atoms with E-state index in [9.17, 15) is 0 Å². The van der Waals surface area contributed by atoms with Crippen LogP contribution in [-0.4, -0.2) is 36.0 Å². The minimum Gasteiger partial charge on any atom is -0.394 e. The highest BCUT2D eigenvalue weighted by Gasteiger charge is 2.03. The molecule has 0 aliphatic carbocycles. The summed E-state index contributed by atoms with van der Waals surface area (Å²) in [7, 11) is 0. The molecular weight excluding hydrogens is 264 g/mol. The number of ether oxygens (including phenoxy) is 1. The average molecular weight is 290 g/mol. The summed E-state index contributed by atoms with van der Waals surface area (Å²) >= 11 is 0. The van der Waals surface area contributed by atoms with Gasteiger partial charge < -0.3 is 19.7 Å². The van der Waals surface area contributed by atoms with Gasteiger partial charge in [-0.2, -0.15) is 0 Å². The van der Waals surface area contributed by atoms with Crippen LogP contribution in [0.25, 0.3) is 10.9 Å². The van der Waals surface area contributed by atoms with Crippen molar-refractivity contribution >= 4 is 10.9 Å². The van der Waals surface area contributed by atoms with E-state index < -0.39 is 0 Å². The molecule has 1 aromatic carbocycles. The molecule has 2 N–H and O–H groups in total. The maximum Gasteiger partial charge on any atom is 0.0698 e. The SMILES string of the molecule is CC(C)CNCc1ccc2c(ccn2CCOCCO)c1. The molecule has 0 fully saturated rings. The second kappa shape index (κ2) is 8.17. The molecule has 0 spiro atoms. The number of aliphatic hydroxyl groups excluding tert-OH is 1. The lowest BCUT2D eigenvalue weighted by Crippen LogP contribution is -2.18. The Morgan fingerprint density at radius 2 is 2.10 bits per heavy atom. The number of nitrogens with zero attached hydrogens (tertiary/aromatic N) is 1. The Morgan fingerprint density at radius 3 is 2.86 bits per heavy atom. The zero-order valence-electron chi connectivity index (χ0n) is 13.0. The first-order valence-corrected chi connectivity index (χ1v) is 7.68. The molecule has 0 atom stereocenters. The third-order valence-electron chi connectivity index (χ3n) is 3.43. The van der Waals surface area contributed by atoms with Gasteiger partial charge in [-0.25, -0.2) is 0 Å². The predicted molar refractivity (Wildman–Crippen MR) is 86.4 cm³/mol. The lowest BCUT2D eigenvalue weighted by molar-refractivity contribution is 0.0875. The molecule has 0 saturated carbocycles. The number of rotatable bonds is 9. The van der Waals surface area contributed by atoms with Gasteiger partial charge >= 0.3 is 0 Å². The van der Waals surface area contributed by atoms with Crippen LogP contribution in [-0.2, 0) is 17.8 Å². The van der Waals surface area contributed by atoms with Crippen molar-refractivity contribution in [3.05, 3.63) is 36.0 Å². The number of benzene rings is 1. The number of hydrogen-bond donors (Lipinski definition) is 2. The van der Waals surface area contributed by atoms with Crippen LogP contribution < -0.4 is 5.32 Å². The predicted octanol–water partition coefficient (Wildman–Crippen LogP) is 2.40. The van der Waals surface area contributed by atoms with Crippen molar-refractivity contribution in [1.82, 2.24) is 9.88 Å². The minimum atomic E-state index is 0.0825. The van der Waals surface area contributed by atoms with E-state index >= 15 is 0 Å². The van der Waals surface area contributed by atoms with Crippen molar-refractivity contribution < 1.29 is 9.84 Å². The van der Waals surface area contributed by atoms with E-state index in [-0.39, 0.29) is 6.61 Å². The Hall–Kier alpha value is -1.36. The van der Waals surface area contributed by atoms with Crippen molar-refractivity contribution in [2.45, 2.75) is 26.9 Å². The van der Waals surface area contributed by atoms with Gasteiger partial charge in [0.25, 0.3) is 0 Å². The number of aromatic nitrogens is 1. The molecule has 116 valence electrons. The van der Waals surface area contributed by atoms with E-state index in [4.69, 9.17) is 9.84 Å². The van der Waals surface area contributed by atoms with E-state index in [0.29, 0.717) is 19.1 Å².